The molecule has 0 unspecified atom stereocenters. The number of anilines is 1. The van der Waals surface area contributed by atoms with Gasteiger partial charge in [-0.15, -0.1) is 0 Å². The molecule has 0 spiro atoms. The molecule has 6 rings (SSSR count). The van der Waals surface area contributed by atoms with Crippen LogP contribution in [0.25, 0.3) is 16.6 Å². The predicted octanol–water partition coefficient (Wildman–Crippen LogP) is 5.73. The number of rotatable bonds is 11. The number of ether oxygens (including phenoxy) is 4. The van der Waals surface area contributed by atoms with Crippen LogP contribution >= 0.6 is 11.6 Å². The van der Waals surface area contributed by atoms with Gasteiger partial charge in [0.05, 0.1) is 32.4 Å². The molecule has 1 N–H and O–H groups in total. The Hall–Kier alpha value is -5.04. The monoisotopic (exact) mass is 659 g/mol. The number of carbonyl (C=O) groups excluding carboxylic acids is 1. The van der Waals surface area contributed by atoms with Crippen molar-refractivity contribution in [2.45, 2.75) is 6.42 Å². The summed E-state index contributed by atoms with van der Waals surface area (Å²) >= 11 is 5.94. The third-order valence-corrected chi connectivity index (χ3v) is 7.79. The van der Waals surface area contributed by atoms with Gasteiger partial charge in [-0.2, -0.15) is 0 Å². The van der Waals surface area contributed by atoms with Crippen LogP contribution < -0.4 is 25.1 Å². The van der Waals surface area contributed by atoms with Crippen LogP contribution in [0.1, 0.15) is 16.9 Å². The van der Waals surface area contributed by atoms with Crippen molar-refractivity contribution in [3.63, 3.8) is 0 Å². The number of halogens is 2. The van der Waals surface area contributed by atoms with Crippen molar-refractivity contribution >= 4 is 34.1 Å². The Morgan fingerprint density at radius 3 is 2.55 bits per heavy atom. The van der Waals surface area contributed by atoms with E-state index in [1.54, 1.807) is 55.8 Å². The third-order valence-electron chi connectivity index (χ3n) is 7.54. The highest BCUT2D eigenvalue weighted by molar-refractivity contribution is 6.30. The third kappa shape index (κ3) is 7.51. The van der Waals surface area contributed by atoms with Gasteiger partial charge >= 0.3 is 0 Å². The second-order valence-electron chi connectivity index (χ2n) is 10.6. The van der Waals surface area contributed by atoms with Crippen LogP contribution in [-0.2, 0) is 4.74 Å². The molecule has 1 aliphatic rings. The molecule has 47 heavy (non-hydrogen) atoms. The quantitative estimate of drug-likeness (QED) is 0.178. The summed E-state index contributed by atoms with van der Waals surface area (Å²) in [4.78, 5) is 36.7. The summed E-state index contributed by atoms with van der Waals surface area (Å²) in [7, 11) is 1.54. The molecule has 1 fully saturated rings. The van der Waals surface area contributed by atoms with E-state index in [2.05, 4.69) is 20.2 Å². The van der Waals surface area contributed by atoms with Gasteiger partial charge in [0, 0.05) is 72.1 Å². The number of hydrogen-bond donors (Lipinski definition) is 1. The fourth-order valence-electron chi connectivity index (χ4n) is 5.13. The zero-order valence-electron chi connectivity index (χ0n) is 25.4. The van der Waals surface area contributed by atoms with Gasteiger partial charge in [-0.1, -0.05) is 11.6 Å². The molecule has 242 valence electrons. The molecule has 3 aromatic carbocycles. The van der Waals surface area contributed by atoms with Crippen molar-refractivity contribution < 1.29 is 28.1 Å². The number of amides is 1. The molecule has 13 heteroatoms. The van der Waals surface area contributed by atoms with Crippen molar-refractivity contribution in [1.82, 2.24) is 19.4 Å². The second kappa shape index (κ2) is 14.6. The number of fused-ring (bicyclic) bond motifs is 1. The highest BCUT2D eigenvalue weighted by Crippen LogP contribution is 2.38. The van der Waals surface area contributed by atoms with Crippen LogP contribution in [0, 0.1) is 5.82 Å². The van der Waals surface area contributed by atoms with Gasteiger partial charge in [-0.05, 0) is 55.0 Å². The fourth-order valence-corrected chi connectivity index (χ4v) is 5.25. The van der Waals surface area contributed by atoms with Gasteiger partial charge in [-0.3, -0.25) is 24.0 Å². The van der Waals surface area contributed by atoms with E-state index >= 15 is 4.39 Å². The Kier molecular flexibility index (Phi) is 9.91. The minimum Gasteiger partial charge on any atom is -0.493 e. The Morgan fingerprint density at radius 1 is 0.979 bits per heavy atom. The first-order valence-corrected chi connectivity index (χ1v) is 15.3. The summed E-state index contributed by atoms with van der Waals surface area (Å²) < 4.78 is 39.5. The average Bonchev–Trinajstić information content (AvgIpc) is 3.08. The Morgan fingerprint density at radius 2 is 1.79 bits per heavy atom. The largest absolute Gasteiger partial charge is 0.493 e. The number of hydrogen-bond acceptors (Lipinski definition) is 9. The molecule has 1 amide bonds. The molecule has 0 radical (unpaired) electrons. The van der Waals surface area contributed by atoms with Crippen molar-refractivity contribution in [1.29, 1.82) is 0 Å². The summed E-state index contributed by atoms with van der Waals surface area (Å²) in [5.74, 6) is -0.229. The van der Waals surface area contributed by atoms with Crippen LogP contribution in [-0.4, -0.2) is 71.9 Å². The smallest absolute Gasteiger partial charge is 0.286 e. The van der Waals surface area contributed by atoms with Crippen LogP contribution in [0.5, 0.6) is 23.0 Å². The van der Waals surface area contributed by atoms with Crippen molar-refractivity contribution in [3.8, 4) is 28.7 Å². The Labute approximate surface area is 274 Å². The zero-order valence-corrected chi connectivity index (χ0v) is 26.2. The SMILES string of the molecule is COc1cc2c(Oc3ccc(NC(=O)c4nccn(-c5ccc(Cl)cc5)c4=O)cc3F)ccnc2cc1OCCCN1CCOCC1. The van der Waals surface area contributed by atoms with Gasteiger partial charge in [0.2, 0.25) is 0 Å². The van der Waals surface area contributed by atoms with E-state index in [0.717, 1.165) is 45.3 Å². The van der Waals surface area contributed by atoms with E-state index in [0.29, 0.717) is 45.5 Å². The second-order valence-corrected chi connectivity index (χ2v) is 11.1. The first-order chi connectivity index (χ1) is 22.9. The lowest BCUT2D eigenvalue weighted by atomic mass is 10.1. The number of aromatic nitrogens is 3. The highest BCUT2D eigenvalue weighted by Gasteiger charge is 2.18. The molecular weight excluding hydrogens is 629 g/mol. The molecule has 1 aliphatic heterocycles. The minimum atomic E-state index is -0.794. The normalized spacial score (nSPS) is 13.3. The van der Waals surface area contributed by atoms with E-state index in [9.17, 15) is 9.59 Å². The molecule has 0 aliphatic carbocycles. The number of nitrogens with one attached hydrogen (secondary N) is 1. The fraction of sp³-hybridized carbons (Fsp3) is 0.235. The van der Waals surface area contributed by atoms with Crippen LogP contribution in [0.2, 0.25) is 5.02 Å². The summed E-state index contributed by atoms with van der Waals surface area (Å²) in [5.41, 5.74) is 0.193. The van der Waals surface area contributed by atoms with E-state index < -0.39 is 17.3 Å². The lowest BCUT2D eigenvalue weighted by Crippen LogP contribution is -2.37. The molecule has 11 nitrogen and oxygen atoms in total. The first-order valence-electron chi connectivity index (χ1n) is 14.9. The van der Waals surface area contributed by atoms with Gasteiger partial charge in [0.25, 0.3) is 11.5 Å². The van der Waals surface area contributed by atoms with Gasteiger partial charge in [0.15, 0.2) is 28.8 Å². The van der Waals surface area contributed by atoms with E-state index in [1.807, 2.05) is 0 Å². The number of morpholine rings is 1. The Bertz CT molecular complexity index is 1950. The van der Waals surface area contributed by atoms with Crippen molar-refractivity contribution in [2.75, 3.05) is 51.9 Å². The average molecular weight is 660 g/mol. The Balaban J connectivity index is 1.14. The summed E-state index contributed by atoms with van der Waals surface area (Å²) in [5, 5.41) is 3.63. The lowest BCUT2D eigenvalue weighted by molar-refractivity contribution is 0.0357. The standard InChI is InChI=1S/C34H31ClFN5O6/c1-44-30-20-25-27(21-31(30)46-16-2-12-40-14-17-45-18-15-40)37-10-9-28(25)47-29-8-5-23(19-26(29)36)39-33(42)32-34(43)41(13-11-38-32)24-6-3-22(35)4-7-24/h3-11,13,19-21H,2,12,14-18H2,1H3,(H,39,42). The summed E-state index contributed by atoms with van der Waals surface area (Å²) in [6.45, 7) is 4.76. The number of carbonyl (C=O) groups is 1. The molecule has 0 atom stereocenters. The molecule has 5 aromatic rings. The van der Waals surface area contributed by atoms with Gasteiger partial charge < -0.3 is 24.3 Å². The van der Waals surface area contributed by atoms with E-state index in [1.165, 1.54) is 29.1 Å². The van der Waals surface area contributed by atoms with Crippen LogP contribution in [0.3, 0.4) is 0 Å². The predicted molar refractivity (Wildman–Crippen MR) is 175 cm³/mol. The highest BCUT2D eigenvalue weighted by atomic mass is 35.5. The van der Waals surface area contributed by atoms with E-state index in [-0.39, 0.29) is 17.1 Å². The number of nitrogens with zero attached hydrogens (tertiary/aromatic N) is 4. The number of pyridine rings is 1. The molecule has 0 saturated carbocycles. The topological polar surface area (TPSA) is 117 Å². The molecular formula is C34H31ClFN5O6. The maximum absolute atomic E-state index is 15.3. The molecule has 3 heterocycles. The van der Waals surface area contributed by atoms with Crippen molar-refractivity contribution in [3.05, 3.63) is 106 Å². The maximum Gasteiger partial charge on any atom is 0.286 e. The molecule has 2 aromatic heterocycles. The lowest BCUT2D eigenvalue weighted by Gasteiger charge is -2.26. The number of methoxy groups -OCH3 is 1. The maximum atomic E-state index is 15.3. The van der Waals surface area contributed by atoms with Gasteiger partial charge in [-0.25, -0.2) is 9.37 Å². The summed E-state index contributed by atoms with van der Waals surface area (Å²) in [6, 6.07) is 15.6. The zero-order chi connectivity index (χ0) is 32.8. The van der Waals surface area contributed by atoms with Crippen LogP contribution in [0.4, 0.5) is 10.1 Å². The molecule has 0 bridgehead atoms. The van der Waals surface area contributed by atoms with Gasteiger partial charge in [0.1, 0.15) is 5.75 Å². The number of benzene rings is 3. The molecule has 1 saturated heterocycles. The minimum absolute atomic E-state index is 0.0826. The van der Waals surface area contributed by atoms with E-state index in [4.69, 9.17) is 30.5 Å². The van der Waals surface area contributed by atoms with Crippen LogP contribution in [0.15, 0.2) is 84.0 Å². The first kappa shape index (κ1) is 31.9. The van der Waals surface area contributed by atoms with Crippen molar-refractivity contribution in [2.24, 2.45) is 0 Å². The summed E-state index contributed by atoms with van der Waals surface area (Å²) in [6.07, 6.45) is 5.17.